The number of para-hydroxylation sites is 2. The monoisotopic (exact) mass is 424 g/mol. The van der Waals surface area contributed by atoms with Crippen molar-refractivity contribution in [3.8, 4) is 23.0 Å². The van der Waals surface area contributed by atoms with Crippen LogP contribution in [0.5, 0.6) is 23.0 Å². The first-order valence-corrected chi connectivity index (χ1v) is 11.0. The predicted octanol–water partition coefficient (Wildman–Crippen LogP) is 3.12. The summed E-state index contributed by atoms with van der Waals surface area (Å²) >= 11 is 0. The molecule has 1 saturated carbocycles. The zero-order valence-electron chi connectivity index (χ0n) is 17.5. The van der Waals surface area contributed by atoms with Gasteiger partial charge in [-0.3, -0.25) is 9.69 Å². The maximum atomic E-state index is 12.8. The van der Waals surface area contributed by atoms with Gasteiger partial charge in [0, 0.05) is 12.6 Å². The van der Waals surface area contributed by atoms with Crippen LogP contribution in [0.3, 0.4) is 0 Å². The van der Waals surface area contributed by atoms with Crippen molar-refractivity contribution < 1.29 is 23.7 Å². The van der Waals surface area contributed by atoms with E-state index in [1.165, 1.54) is 12.8 Å². The molecule has 2 aliphatic heterocycles. The van der Waals surface area contributed by atoms with E-state index < -0.39 is 0 Å². The Morgan fingerprint density at radius 2 is 1.74 bits per heavy atom. The van der Waals surface area contributed by atoms with Crippen molar-refractivity contribution in [1.82, 2.24) is 10.2 Å². The smallest absolute Gasteiger partial charge is 0.234 e. The number of hydrogen-bond acceptors (Lipinski definition) is 6. The molecule has 7 nitrogen and oxygen atoms in total. The summed E-state index contributed by atoms with van der Waals surface area (Å²) in [5.41, 5.74) is 1.13. The molecule has 7 heteroatoms. The molecular weight excluding hydrogens is 396 g/mol. The van der Waals surface area contributed by atoms with Gasteiger partial charge in [-0.2, -0.15) is 0 Å². The van der Waals surface area contributed by atoms with Crippen molar-refractivity contribution >= 4 is 5.91 Å². The molecule has 2 aromatic rings. The van der Waals surface area contributed by atoms with Crippen LogP contribution in [0.4, 0.5) is 0 Å². The van der Waals surface area contributed by atoms with Gasteiger partial charge in [0.2, 0.25) is 12.7 Å². The topological polar surface area (TPSA) is 69.3 Å². The molecule has 2 aromatic carbocycles. The number of nitrogens with zero attached hydrogens (tertiary/aromatic N) is 1. The van der Waals surface area contributed by atoms with Crippen LogP contribution in [0.2, 0.25) is 0 Å². The molecule has 3 aliphatic rings. The Bertz CT molecular complexity index is 928. The summed E-state index contributed by atoms with van der Waals surface area (Å²) in [4.78, 5) is 15.1. The lowest BCUT2D eigenvalue weighted by molar-refractivity contribution is -0.123. The summed E-state index contributed by atoms with van der Waals surface area (Å²) in [7, 11) is 0. The molecule has 31 heavy (non-hydrogen) atoms. The number of nitrogens with one attached hydrogen (secondary N) is 1. The van der Waals surface area contributed by atoms with Crippen LogP contribution in [0, 0.1) is 0 Å². The third kappa shape index (κ3) is 4.71. The minimum Gasteiger partial charge on any atom is -0.486 e. The number of carbonyl (C=O) groups is 1. The second-order valence-electron chi connectivity index (χ2n) is 8.33. The summed E-state index contributed by atoms with van der Waals surface area (Å²) < 4.78 is 22.6. The van der Waals surface area contributed by atoms with Crippen LogP contribution < -0.4 is 24.3 Å². The lowest BCUT2D eigenvalue weighted by atomic mass is 10.1. The van der Waals surface area contributed by atoms with E-state index in [-0.39, 0.29) is 18.8 Å². The van der Waals surface area contributed by atoms with E-state index in [9.17, 15) is 4.79 Å². The first kappa shape index (κ1) is 20.0. The van der Waals surface area contributed by atoms with Crippen LogP contribution in [0.1, 0.15) is 31.2 Å². The molecule has 1 amide bonds. The normalized spacial score (nSPS) is 19.6. The van der Waals surface area contributed by atoms with Gasteiger partial charge in [0.25, 0.3) is 0 Å². The van der Waals surface area contributed by atoms with Crippen molar-refractivity contribution in [2.75, 3.05) is 26.5 Å². The molecule has 1 N–H and O–H groups in total. The molecule has 164 valence electrons. The Balaban J connectivity index is 1.18. The van der Waals surface area contributed by atoms with Crippen LogP contribution >= 0.6 is 0 Å². The van der Waals surface area contributed by atoms with Crippen LogP contribution in [-0.2, 0) is 11.3 Å². The van der Waals surface area contributed by atoms with E-state index in [0.29, 0.717) is 32.3 Å². The zero-order valence-corrected chi connectivity index (χ0v) is 17.5. The minimum atomic E-state index is -0.187. The molecule has 1 aliphatic carbocycles. The number of amides is 1. The lowest BCUT2D eigenvalue weighted by Gasteiger charge is -2.29. The number of carbonyl (C=O) groups excluding carboxylic acids is 1. The molecule has 1 unspecified atom stereocenters. The van der Waals surface area contributed by atoms with Crippen molar-refractivity contribution in [1.29, 1.82) is 0 Å². The molecule has 0 radical (unpaired) electrons. The Hall–Kier alpha value is -2.93. The number of benzene rings is 2. The second-order valence-corrected chi connectivity index (χ2v) is 8.33. The van der Waals surface area contributed by atoms with Crippen LogP contribution in [0.15, 0.2) is 42.5 Å². The highest BCUT2D eigenvalue weighted by Crippen LogP contribution is 2.34. The van der Waals surface area contributed by atoms with Crippen molar-refractivity contribution in [2.24, 2.45) is 0 Å². The largest absolute Gasteiger partial charge is 0.486 e. The highest BCUT2D eigenvalue weighted by molar-refractivity contribution is 5.78. The summed E-state index contributed by atoms with van der Waals surface area (Å²) in [6, 6.07) is 14.1. The van der Waals surface area contributed by atoms with Gasteiger partial charge >= 0.3 is 0 Å². The van der Waals surface area contributed by atoms with Gasteiger partial charge in [-0.25, -0.2) is 0 Å². The quantitative estimate of drug-likeness (QED) is 0.737. The van der Waals surface area contributed by atoms with Gasteiger partial charge < -0.3 is 24.3 Å². The van der Waals surface area contributed by atoms with Crippen molar-refractivity contribution in [2.45, 2.75) is 44.4 Å². The van der Waals surface area contributed by atoms with Gasteiger partial charge in [0.15, 0.2) is 23.0 Å². The number of hydrogen-bond donors (Lipinski definition) is 1. The zero-order chi connectivity index (χ0) is 21.0. The molecule has 2 heterocycles. The molecule has 1 atom stereocenters. The average Bonchev–Trinajstić information content (AvgIpc) is 3.49. The Labute approximate surface area is 182 Å². The molecule has 5 rings (SSSR count). The fourth-order valence-electron chi connectivity index (χ4n) is 4.49. The Morgan fingerprint density at radius 3 is 2.61 bits per heavy atom. The standard InChI is InChI=1S/C24H28N2O5/c27-24(25-12-19-15-28-20-7-3-4-8-22(20)31-19)14-26(18-5-1-2-6-18)13-17-9-10-21-23(11-17)30-16-29-21/h3-4,7-11,18-19H,1-2,5-6,12-16H2,(H,25,27). The second kappa shape index (κ2) is 9.06. The third-order valence-electron chi connectivity index (χ3n) is 6.10. The molecule has 0 spiro atoms. The Morgan fingerprint density at radius 1 is 0.968 bits per heavy atom. The van der Waals surface area contributed by atoms with Crippen molar-refractivity contribution in [3.63, 3.8) is 0 Å². The fraction of sp³-hybridized carbons (Fsp3) is 0.458. The van der Waals surface area contributed by atoms with Gasteiger partial charge in [0.1, 0.15) is 12.7 Å². The third-order valence-corrected chi connectivity index (χ3v) is 6.10. The predicted molar refractivity (Wildman–Crippen MR) is 115 cm³/mol. The Kier molecular flexibility index (Phi) is 5.84. The lowest BCUT2D eigenvalue weighted by Crippen LogP contribution is -2.46. The highest BCUT2D eigenvalue weighted by atomic mass is 16.7. The van der Waals surface area contributed by atoms with Crippen LogP contribution in [-0.4, -0.2) is 49.4 Å². The van der Waals surface area contributed by atoms with Crippen LogP contribution in [0.25, 0.3) is 0 Å². The first-order chi connectivity index (χ1) is 15.2. The molecule has 0 saturated heterocycles. The van der Waals surface area contributed by atoms with Gasteiger partial charge in [0.05, 0.1) is 13.1 Å². The summed E-state index contributed by atoms with van der Waals surface area (Å²) in [6.07, 6.45) is 4.52. The number of ether oxygens (including phenoxy) is 4. The average molecular weight is 424 g/mol. The van der Waals surface area contributed by atoms with E-state index in [2.05, 4.69) is 16.3 Å². The number of rotatable bonds is 7. The van der Waals surface area contributed by atoms with E-state index in [4.69, 9.17) is 18.9 Å². The summed E-state index contributed by atoms with van der Waals surface area (Å²) in [6.45, 7) is 2.20. The molecule has 0 aromatic heterocycles. The van der Waals surface area contributed by atoms with E-state index >= 15 is 0 Å². The van der Waals surface area contributed by atoms with E-state index in [1.54, 1.807) is 0 Å². The fourth-order valence-corrected chi connectivity index (χ4v) is 4.49. The van der Waals surface area contributed by atoms with E-state index in [1.807, 2.05) is 36.4 Å². The molecule has 0 bridgehead atoms. The summed E-state index contributed by atoms with van der Waals surface area (Å²) in [5.74, 6) is 3.05. The maximum absolute atomic E-state index is 12.8. The first-order valence-electron chi connectivity index (χ1n) is 11.0. The van der Waals surface area contributed by atoms with E-state index in [0.717, 1.165) is 41.4 Å². The van der Waals surface area contributed by atoms with Gasteiger partial charge in [-0.1, -0.05) is 31.0 Å². The molecule has 1 fully saturated rings. The summed E-state index contributed by atoms with van der Waals surface area (Å²) in [5, 5.41) is 3.03. The maximum Gasteiger partial charge on any atom is 0.234 e. The van der Waals surface area contributed by atoms with Crippen molar-refractivity contribution in [3.05, 3.63) is 48.0 Å². The highest BCUT2D eigenvalue weighted by Gasteiger charge is 2.26. The number of fused-ring (bicyclic) bond motifs is 2. The SMILES string of the molecule is O=C(CN(Cc1ccc2c(c1)OCO2)C1CCCC1)NCC1COc2ccccc2O1. The van der Waals surface area contributed by atoms with Gasteiger partial charge in [-0.05, 0) is 42.7 Å². The van der Waals surface area contributed by atoms with Gasteiger partial charge in [-0.15, -0.1) is 0 Å². The molecular formula is C24H28N2O5. The minimum absolute atomic E-state index is 0.00935.